The number of allylic oxidation sites excluding steroid dienone is 1. The summed E-state index contributed by atoms with van der Waals surface area (Å²) in [5.41, 5.74) is 3.99. The minimum atomic E-state index is 0.921. The van der Waals surface area contributed by atoms with E-state index in [1.165, 1.54) is 31.4 Å². The lowest BCUT2D eigenvalue weighted by Gasteiger charge is -2.05. The Balaban J connectivity index is 1.69. The topological polar surface area (TPSA) is 29.9 Å². The normalized spacial score (nSPS) is 15.5. The van der Waals surface area contributed by atoms with Gasteiger partial charge in [0.15, 0.2) is 0 Å². The van der Waals surface area contributed by atoms with Crippen molar-refractivity contribution in [2.24, 2.45) is 7.05 Å². The van der Waals surface area contributed by atoms with Crippen LogP contribution < -0.4 is 5.32 Å². The molecule has 0 fully saturated rings. The molecule has 1 N–H and O–H groups in total. The van der Waals surface area contributed by atoms with Gasteiger partial charge in [0, 0.05) is 13.6 Å². The fourth-order valence-electron chi connectivity index (χ4n) is 2.26. The van der Waals surface area contributed by atoms with Gasteiger partial charge < -0.3 is 5.32 Å². The van der Waals surface area contributed by atoms with E-state index in [1.54, 1.807) is 5.57 Å². The number of nitrogens with zero attached hydrogens (tertiary/aromatic N) is 2. The summed E-state index contributed by atoms with van der Waals surface area (Å²) in [5, 5.41) is 7.81. The molecule has 0 aromatic carbocycles. The molecule has 0 atom stereocenters. The number of rotatable bonds is 5. The molecule has 1 aromatic heterocycles. The first-order valence-corrected chi connectivity index (χ1v) is 6.14. The maximum atomic E-state index is 4.33. The van der Waals surface area contributed by atoms with Crippen LogP contribution in [0.25, 0.3) is 0 Å². The van der Waals surface area contributed by atoms with Gasteiger partial charge in [0.25, 0.3) is 0 Å². The Bertz CT molecular complexity index is 377. The molecule has 1 aromatic rings. The molecule has 2 rings (SSSR count). The Morgan fingerprint density at radius 2 is 2.38 bits per heavy atom. The zero-order valence-corrected chi connectivity index (χ0v) is 10.3. The molecule has 1 heterocycles. The summed E-state index contributed by atoms with van der Waals surface area (Å²) in [6.07, 6.45) is 7.56. The number of aromatic nitrogens is 2. The first-order chi connectivity index (χ1) is 7.75. The van der Waals surface area contributed by atoms with Gasteiger partial charge in [-0.1, -0.05) is 11.6 Å². The summed E-state index contributed by atoms with van der Waals surface area (Å²) >= 11 is 0. The smallest absolute Gasteiger partial charge is 0.0597 e. The van der Waals surface area contributed by atoms with Crippen molar-refractivity contribution in [1.82, 2.24) is 15.1 Å². The first kappa shape index (κ1) is 11.4. The van der Waals surface area contributed by atoms with E-state index in [4.69, 9.17) is 0 Å². The van der Waals surface area contributed by atoms with Crippen LogP contribution in [-0.4, -0.2) is 16.3 Å². The van der Waals surface area contributed by atoms with Crippen molar-refractivity contribution in [2.45, 2.75) is 39.2 Å². The Hall–Kier alpha value is -1.09. The van der Waals surface area contributed by atoms with Gasteiger partial charge in [-0.15, -0.1) is 0 Å². The van der Waals surface area contributed by atoms with Crippen molar-refractivity contribution >= 4 is 0 Å². The fraction of sp³-hybridized carbons (Fsp3) is 0.615. The summed E-state index contributed by atoms with van der Waals surface area (Å²) in [5.74, 6) is 0. The summed E-state index contributed by atoms with van der Waals surface area (Å²) in [7, 11) is 2.00. The van der Waals surface area contributed by atoms with Crippen molar-refractivity contribution in [1.29, 1.82) is 0 Å². The second-order valence-electron chi connectivity index (χ2n) is 4.58. The van der Waals surface area contributed by atoms with E-state index >= 15 is 0 Å². The molecule has 0 aliphatic heterocycles. The number of aryl methyl sites for hydroxylation is 2. The number of hydrogen-bond donors (Lipinski definition) is 1. The molecule has 0 saturated heterocycles. The lowest BCUT2D eigenvalue weighted by molar-refractivity contribution is 0.620. The summed E-state index contributed by atoms with van der Waals surface area (Å²) in [4.78, 5) is 0. The first-order valence-electron chi connectivity index (χ1n) is 6.14. The van der Waals surface area contributed by atoms with Crippen molar-refractivity contribution in [3.05, 3.63) is 29.1 Å². The highest BCUT2D eigenvalue weighted by atomic mass is 15.3. The predicted molar refractivity (Wildman–Crippen MR) is 66.2 cm³/mol. The third-order valence-corrected chi connectivity index (χ3v) is 3.16. The third-order valence-electron chi connectivity index (χ3n) is 3.16. The van der Waals surface area contributed by atoms with E-state index in [2.05, 4.69) is 22.6 Å². The lowest BCUT2D eigenvalue weighted by atomic mass is 10.2. The minimum absolute atomic E-state index is 0.921. The average Bonchev–Trinajstić information content (AvgIpc) is 2.84. The molecule has 1 aliphatic carbocycles. The number of nitrogens with one attached hydrogen (secondary N) is 1. The van der Waals surface area contributed by atoms with Crippen molar-refractivity contribution in [3.8, 4) is 0 Å². The van der Waals surface area contributed by atoms with Gasteiger partial charge in [-0.3, -0.25) is 4.68 Å². The molecular formula is C13H21N3. The monoisotopic (exact) mass is 219 g/mol. The quantitative estimate of drug-likeness (QED) is 0.608. The minimum Gasteiger partial charge on any atom is -0.311 e. The van der Waals surface area contributed by atoms with Gasteiger partial charge >= 0.3 is 0 Å². The predicted octanol–water partition coefficient (Wildman–Crippen LogP) is 2.32. The summed E-state index contributed by atoms with van der Waals surface area (Å²) in [6, 6.07) is 2.14. The highest BCUT2D eigenvalue weighted by Crippen LogP contribution is 2.19. The van der Waals surface area contributed by atoms with Gasteiger partial charge in [-0.25, -0.2) is 0 Å². The van der Waals surface area contributed by atoms with Crippen LogP contribution in [-0.2, 0) is 13.6 Å². The molecule has 0 unspecified atom stereocenters. The van der Waals surface area contributed by atoms with Crippen LogP contribution in [0.1, 0.15) is 37.1 Å². The molecule has 0 spiro atoms. The maximum Gasteiger partial charge on any atom is 0.0597 e. The Kier molecular flexibility index (Phi) is 3.78. The molecule has 3 heteroatoms. The summed E-state index contributed by atoms with van der Waals surface area (Å²) in [6.45, 7) is 4.04. The summed E-state index contributed by atoms with van der Waals surface area (Å²) < 4.78 is 1.96. The van der Waals surface area contributed by atoms with Crippen LogP contribution in [0.3, 0.4) is 0 Å². The molecule has 0 saturated carbocycles. The van der Waals surface area contributed by atoms with Crippen LogP contribution in [0.4, 0.5) is 0 Å². The van der Waals surface area contributed by atoms with Gasteiger partial charge in [-0.2, -0.15) is 5.10 Å². The van der Waals surface area contributed by atoms with Gasteiger partial charge in [0.1, 0.15) is 0 Å². The lowest BCUT2D eigenvalue weighted by Crippen LogP contribution is -2.17. The van der Waals surface area contributed by atoms with Crippen LogP contribution in [0.2, 0.25) is 0 Å². The second kappa shape index (κ2) is 5.30. The highest BCUT2D eigenvalue weighted by molar-refractivity contribution is 5.09. The van der Waals surface area contributed by atoms with Gasteiger partial charge in [-0.05, 0) is 45.2 Å². The number of hydrogen-bond acceptors (Lipinski definition) is 2. The standard InChI is InChI=1S/C13H21N3/c1-11-9-13(16(2)15-11)10-14-8-7-12-5-3-4-6-12/h5,9,14H,3-4,6-8,10H2,1-2H3. The molecule has 3 nitrogen and oxygen atoms in total. The van der Waals surface area contributed by atoms with Crippen LogP contribution in [0.5, 0.6) is 0 Å². The molecule has 0 radical (unpaired) electrons. The Labute approximate surface area is 97.5 Å². The van der Waals surface area contributed by atoms with Gasteiger partial charge in [0.05, 0.1) is 11.4 Å². The third kappa shape index (κ3) is 2.95. The zero-order valence-electron chi connectivity index (χ0n) is 10.3. The molecule has 1 aliphatic rings. The Morgan fingerprint density at radius 1 is 1.50 bits per heavy atom. The van der Waals surface area contributed by atoms with E-state index in [1.807, 2.05) is 18.7 Å². The largest absolute Gasteiger partial charge is 0.311 e. The highest BCUT2D eigenvalue weighted by Gasteiger charge is 2.04. The van der Waals surface area contributed by atoms with Crippen molar-refractivity contribution in [3.63, 3.8) is 0 Å². The van der Waals surface area contributed by atoms with Crippen LogP contribution in [0, 0.1) is 6.92 Å². The maximum absolute atomic E-state index is 4.33. The van der Waals surface area contributed by atoms with Gasteiger partial charge in [0.2, 0.25) is 0 Å². The molecular weight excluding hydrogens is 198 g/mol. The van der Waals surface area contributed by atoms with Crippen LogP contribution in [0.15, 0.2) is 17.7 Å². The molecule has 0 bridgehead atoms. The molecule has 0 amide bonds. The van der Waals surface area contributed by atoms with Crippen LogP contribution >= 0.6 is 0 Å². The van der Waals surface area contributed by atoms with E-state index < -0.39 is 0 Å². The van der Waals surface area contributed by atoms with E-state index in [0.29, 0.717) is 0 Å². The second-order valence-corrected chi connectivity index (χ2v) is 4.58. The van der Waals surface area contributed by atoms with Crippen molar-refractivity contribution in [2.75, 3.05) is 6.54 Å². The van der Waals surface area contributed by atoms with E-state index in [-0.39, 0.29) is 0 Å². The molecule has 88 valence electrons. The zero-order chi connectivity index (χ0) is 11.4. The Morgan fingerprint density at radius 3 is 3.00 bits per heavy atom. The SMILES string of the molecule is Cc1cc(CNCCC2=CCCC2)n(C)n1. The van der Waals surface area contributed by atoms with E-state index in [0.717, 1.165) is 18.8 Å². The molecule has 16 heavy (non-hydrogen) atoms. The van der Waals surface area contributed by atoms with Crippen molar-refractivity contribution < 1.29 is 0 Å². The van der Waals surface area contributed by atoms with E-state index in [9.17, 15) is 0 Å². The average molecular weight is 219 g/mol. The fourth-order valence-corrected chi connectivity index (χ4v) is 2.26.